The summed E-state index contributed by atoms with van der Waals surface area (Å²) < 4.78 is 5.48. The van der Waals surface area contributed by atoms with Crippen molar-refractivity contribution < 1.29 is 19.4 Å². The van der Waals surface area contributed by atoms with Crippen LogP contribution in [0.5, 0.6) is 11.5 Å². The molecule has 0 spiro atoms. The summed E-state index contributed by atoms with van der Waals surface area (Å²) in [5.74, 6) is -0.678. The van der Waals surface area contributed by atoms with E-state index in [1.165, 1.54) is 13.8 Å². The molecule has 0 radical (unpaired) electrons. The van der Waals surface area contributed by atoms with Crippen LogP contribution in [0.4, 0.5) is 0 Å². The van der Waals surface area contributed by atoms with Crippen molar-refractivity contribution in [2.75, 3.05) is 0 Å². The highest BCUT2D eigenvalue weighted by Crippen LogP contribution is 2.66. The molecular weight excluding hydrogens is 411 g/mol. The quantitative estimate of drug-likeness (QED) is 0.366. The van der Waals surface area contributed by atoms with Gasteiger partial charge in [-0.05, 0) is 25.4 Å². The average Bonchev–Trinajstić information content (AvgIpc) is 3.15. The molecule has 3 atom stereocenters. The van der Waals surface area contributed by atoms with E-state index in [1.807, 2.05) is 60.7 Å². The van der Waals surface area contributed by atoms with Gasteiger partial charge in [0, 0.05) is 25.0 Å². The molecule has 0 aliphatic carbocycles. The number of hydrogen-bond acceptors (Lipinski definition) is 5. The number of carbonyl (C=O) groups excluding carboxylic acids is 2. The maximum Gasteiger partial charge on any atom is 0.308 e. The predicted octanol–water partition coefficient (Wildman–Crippen LogP) is 4.19. The lowest BCUT2D eigenvalue weighted by atomic mass is 10.2. The van der Waals surface area contributed by atoms with Crippen molar-refractivity contribution >= 4 is 25.1 Å². The van der Waals surface area contributed by atoms with Gasteiger partial charge in [-0.1, -0.05) is 66.7 Å². The molecule has 3 unspecified atom stereocenters. The molecule has 6 nitrogen and oxygen atoms in total. The molecule has 0 bridgehead atoms. The molecule has 1 saturated heterocycles. The van der Waals surface area contributed by atoms with Gasteiger partial charge in [0.25, 0.3) is 0 Å². The van der Waals surface area contributed by atoms with Gasteiger partial charge in [0.15, 0.2) is 0 Å². The summed E-state index contributed by atoms with van der Waals surface area (Å²) in [6.45, 7) is 2.87. The second-order valence-electron chi connectivity index (χ2n) is 7.23. The van der Waals surface area contributed by atoms with Crippen LogP contribution in [0.2, 0.25) is 0 Å². The summed E-state index contributed by atoms with van der Waals surface area (Å²) in [5.41, 5.74) is 4.82. The Balaban J connectivity index is 1.91. The largest absolute Gasteiger partial charge is 0.508 e. The van der Waals surface area contributed by atoms with Crippen molar-refractivity contribution in [3.05, 3.63) is 90.0 Å². The van der Waals surface area contributed by atoms with Crippen molar-refractivity contribution in [3.8, 4) is 11.5 Å². The van der Waals surface area contributed by atoms with Crippen molar-refractivity contribution in [3.63, 3.8) is 0 Å². The second kappa shape index (κ2) is 8.88. The molecule has 7 heteroatoms. The van der Waals surface area contributed by atoms with Crippen LogP contribution in [0, 0.1) is 0 Å². The molecule has 1 aliphatic rings. The van der Waals surface area contributed by atoms with E-state index in [2.05, 4.69) is 5.43 Å². The highest BCUT2D eigenvalue weighted by molar-refractivity contribution is 7.66. The number of phenols is 1. The molecule has 31 heavy (non-hydrogen) atoms. The number of para-hydroxylation sites is 2. The van der Waals surface area contributed by atoms with Crippen LogP contribution in [0.25, 0.3) is 0 Å². The molecule has 3 aromatic rings. The standard InChI is InChI=1S/C24H23N2O4P/c1-16(27)26-24(19-12-6-8-14-21(19)29)31(18-10-4-3-5-11-18)23(25-26)20-13-7-9-15-22(20)30-17(2)28/h3-15,23-25,29H,1-2H3. The predicted molar refractivity (Wildman–Crippen MR) is 120 cm³/mol. The zero-order chi connectivity index (χ0) is 22.0. The van der Waals surface area contributed by atoms with Crippen molar-refractivity contribution in [1.29, 1.82) is 0 Å². The minimum atomic E-state index is -1.11. The molecule has 0 saturated carbocycles. The van der Waals surface area contributed by atoms with E-state index >= 15 is 0 Å². The van der Waals surface area contributed by atoms with Crippen LogP contribution in [0.15, 0.2) is 78.9 Å². The lowest BCUT2D eigenvalue weighted by Crippen LogP contribution is -2.37. The summed E-state index contributed by atoms with van der Waals surface area (Å²) in [6.07, 6.45) is 0. The minimum Gasteiger partial charge on any atom is -0.508 e. The number of ether oxygens (including phenoxy) is 1. The number of carbonyl (C=O) groups is 2. The van der Waals surface area contributed by atoms with Crippen LogP contribution < -0.4 is 15.5 Å². The number of nitrogens with one attached hydrogen (secondary N) is 1. The first-order chi connectivity index (χ1) is 15.0. The second-order valence-corrected chi connectivity index (χ2v) is 9.56. The van der Waals surface area contributed by atoms with Crippen LogP contribution >= 0.6 is 7.92 Å². The number of benzene rings is 3. The molecule has 1 aliphatic heterocycles. The van der Waals surface area contributed by atoms with E-state index in [-0.39, 0.29) is 17.4 Å². The molecule has 1 fully saturated rings. The van der Waals surface area contributed by atoms with Gasteiger partial charge < -0.3 is 9.84 Å². The summed E-state index contributed by atoms with van der Waals surface area (Å²) in [5, 5.41) is 13.3. The van der Waals surface area contributed by atoms with Crippen LogP contribution in [-0.4, -0.2) is 22.0 Å². The monoisotopic (exact) mass is 434 g/mol. The Labute approximate surface area is 182 Å². The lowest BCUT2D eigenvalue weighted by Gasteiger charge is -2.28. The van der Waals surface area contributed by atoms with Crippen LogP contribution in [0.1, 0.15) is 36.5 Å². The average molecular weight is 434 g/mol. The summed E-state index contributed by atoms with van der Waals surface area (Å²) >= 11 is 0. The summed E-state index contributed by atoms with van der Waals surface area (Å²) in [6, 6.07) is 24.4. The number of hydrogen-bond donors (Lipinski definition) is 2. The van der Waals surface area contributed by atoms with E-state index in [9.17, 15) is 14.7 Å². The number of amides is 1. The summed E-state index contributed by atoms with van der Waals surface area (Å²) in [4.78, 5) is 24.4. The van der Waals surface area contributed by atoms with Gasteiger partial charge in [-0.25, -0.2) is 5.43 Å². The van der Waals surface area contributed by atoms with Gasteiger partial charge in [-0.15, -0.1) is 0 Å². The first kappa shape index (κ1) is 21.0. The maximum absolute atomic E-state index is 12.7. The van der Waals surface area contributed by atoms with Crippen LogP contribution in [0.3, 0.4) is 0 Å². The van der Waals surface area contributed by atoms with E-state index in [1.54, 1.807) is 23.2 Å². The highest BCUT2D eigenvalue weighted by Gasteiger charge is 2.46. The third-order valence-corrected chi connectivity index (χ3v) is 8.00. The number of nitrogens with zero attached hydrogens (tertiary/aromatic N) is 1. The van der Waals surface area contributed by atoms with Gasteiger partial charge in [-0.2, -0.15) is 0 Å². The molecule has 0 aromatic heterocycles. The third kappa shape index (κ3) is 4.18. The van der Waals surface area contributed by atoms with Crippen molar-refractivity contribution in [1.82, 2.24) is 10.4 Å². The van der Waals surface area contributed by atoms with Crippen molar-refractivity contribution in [2.24, 2.45) is 0 Å². The Morgan fingerprint density at radius 2 is 1.52 bits per heavy atom. The molecule has 2 N–H and O–H groups in total. The van der Waals surface area contributed by atoms with Gasteiger partial charge >= 0.3 is 5.97 Å². The smallest absolute Gasteiger partial charge is 0.308 e. The zero-order valence-electron chi connectivity index (χ0n) is 17.2. The van der Waals surface area contributed by atoms with Crippen molar-refractivity contribution in [2.45, 2.75) is 25.4 Å². The molecule has 1 heterocycles. The third-order valence-electron chi connectivity index (χ3n) is 5.12. The Hall–Kier alpha value is -3.21. The number of aromatic hydroxyl groups is 1. The fraction of sp³-hybridized carbons (Fsp3) is 0.167. The van der Waals surface area contributed by atoms with Gasteiger partial charge in [0.2, 0.25) is 5.91 Å². The molecule has 4 rings (SSSR count). The Morgan fingerprint density at radius 3 is 2.16 bits per heavy atom. The first-order valence-corrected chi connectivity index (χ1v) is 11.4. The SMILES string of the molecule is CC(=O)Oc1ccccc1C1NN(C(C)=O)C(c2ccccc2O)P1c1ccccc1. The normalized spacial score (nSPS) is 20.5. The zero-order valence-corrected chi connectivity index (χ0v) is 18.1. The molecule has 3 aromatic carbocycles. The first-order valence-electron chi connectivity index (χ1n) is 9.92. The van der Waals surface area contributed by atoms with E-state index < -0.39 is 19.7 Å². The van der Waals surface area contributed by atoms with Gasteiger partial charge in [0.05, 0.1) is 5.78 Å². The number of esters is 1. The molecule has 158 valence electrons. The molecular formula is C24H23N2O4P. The molecule has 1 amide bonds. The Bertz CT molecular complexity index is 1110. The fourth-order valence-corrected chi connectivity index (χ4v) is 6.99. The lowest BCUT2D eigenvalue weighted by molar-refractivity contribution is -0.133. The van der Waals surface area contributed by atoms with Gasteiger partial charge in [-0.3, -0.25) is 14.6 Å². The van der Waals surface area contributed by atoms with E-state index in [0.717, 1.165) is 10.9 Å². The topological polar surface area (TPSA) is 78.9 Å². The fourth-order valence-electron chi connectivity index (χ4n) is 3.85. The minimum absolute atomic E-state index is 0.137. The van der Waals surface area contributed by atoms with E-state index in [4.69, 9.17) is 4.74 Å². The Morgan fingerprint density at radius 1 is 0.903 bits per heavy atom. The number of phenolic OH excluding ortho intramolecular Hbond substituents is 1. The highest BCUT2D eigenvalue weighted by atomic mass is 31.1. The van der Waals surface area contributed by atoms with Gasteiger partial charge in [0.1, 0.15) is 17.3 Å². The summed E-state index contributed by atoms with van der Waals surface area (Å²) in [7, 11) is -1.11. The Kier molecular flexibility index (Phi) is 6.03. The number of hydrazine groups is 1. The number of rotatable bonds is 4. The van der Waals surface area contributed by atoms with Crippen LogP contribution in [-0.2, 0) is 9.59 Å². The van der Waals surface area contributed by atoms with E-state index in [0.29, 0.717) is 11.3 Å². The maximum atomic E-state index is 12.7.